The highest BCUT2D eigenvalue weighted by Gasteiger charge is 2.39. The van der Waals surface area contributed by atoms with Gasteiger partial charge in [-0.05, 0) is 77.1 Å². The number of rotatable bonds is 2. The van der Waals surface area contributed by atoms with Crippen molar-refractivity contribution < 1.29 is 4.74 Å². The molecule has 0 radical (unpaired) electrons. The molecule has 1 atom stereocenters. The van der Waals surface area contributed by atoms with Gasteiger partial charge < -0.3 is 9.64 Å². The molecule has 1 aromatic rings. The minimum Gasteiger partial charge on any atom is -0.490 e. The van der Waals surface area contributed by atoms with E-state index in [1.165, 1.54) is 35.2 Å². The molecule has 3 aliphatic heterocycles. The molecule has 0 amide bonds. The lowest BCUT2D eigenvalue weighted by atomic mass is 9.69. The Kier molecular flexibility index (Phi) is 5.80. The first-order valence-corrected chi connectivity index (χ1v) is 12.4. The van der Waals surface area contributed by atoms with Crippen LogP contribution in [0.4, 0.5) is 5.69 Å². The summed E-state index contributed by atoms with van der Waals surface area (Å²) < 4.78 is 6.40. The topological polar surface area (TPSA) is 36.3 Å². The van der Waals surface area contributed by atoms with E-state index in [1.54, 1.807) is 0 Å². The molecule has 0 aromatic heterocycles. The number of anilines is 1. The second kappa shape index (κ2) is 8.08. The molecule has 33 heavy (non-hydrogen) atoms. The van der Waals surface area contributed by atoms with Crippen LogP contribution in [0.3, 0.4) is 0 Å². The standard InChI is InChI=1S/C30H40N2O/c1-20(19-31)22-17-23(33-26(18-22)28(2,3)4)10-9-21-15-24-27-25(16-21)30(7,8)12-14-32(27)13-11-29(24,5)6/h9-10,15-16,18,23H,11-14,17H2,1-8H3/b10-9+,22-20+. The third-order valence-corrected chi connectivity index (χ3v) is 7.82. The van der Waals surface area contributed by atoms with Gasteiger partial charge in [-0.2, -0.15) is 5.26 Å². The van der Waals surface area contributed by atoms with Gasteiger partial charge in [0.15, 0.2) is 0 Å². The minimum atomic E-state index is -0.0962. The summed E-state index contributed by atoms with van der Waals surface area (Å²) >= 11 is 0. The lowest BCUT2D eigenvalue weighted by molar-refractivity contribution is 0.0988. The van der Waals surface area contributed by atoms with E-state index in [2.05, 4.69) is 89.8 Å². The van der Waals surface area contributed by atoms with Crippen LogP contribution in [0.1, 0.15) is 91.3 Å². The third-order valence-electron chi connectivity index (χ3n) is 7.82. The normalized spacial score (nSPS) is 25.1. The van der Waals surface area contributed by atoms with Gasteiger partial charge in [-0.1, -0.05) is 54.5 Å². The Bertz CT molecular complexity index is 1040. The molecule has 3 nitrogen and oxygen atoms in total. The quantitative estimate of drug-likeness (QED) is 0.445. The number of nitrogens with zero attached hydrogens (tertiary/aromatic N) is 2. The van der Waals surface area contributed by atoms with Crippen LogP contribution in [-0.4, -0.2) is 19.2 Å². The smallest absolute Gasteiger partial charge is 0.121 e. The molecule has 1 unspecified atom stereocenters. The summed E-state index contributed by atoms with van der Waals surface area (Å²) in [6.07, 6.45) is 9.57. The largest absolute Gasteiger partial charge is 0.490 e. The van der Waals surface area contributed by atoms with Crippen LogP contribution in [0.25, 0.3) is 6.08 Å². The van der Waals surface area contributed by atoms with Crippen molar-refractivity contribution in [3.05, 3.63) is 57.9 Å². The van der Waals surface area contributed by atoms with E-state index in [1.807, 2.05) is 6.92 Å². The van der Waals surface area contributed by atoms with Crippen molar-refractivity contribution in [3.63, 3.8) is 0 Å². The summed E-state index contributed by atoms with van der Waals surface area (Å²) in [5, 5.41) is 9.47. The van der Waals surface area contributed by atoms with E-state index in [0.717, 1.165) is 36.4 Å². The van der Waals surface area contributed by atoms with E-state index in [-0.39, 0.29) is 22.3 Å². The lowest BCUT2D eigenvalue weighted by Crippen LogP contribution is -2.44. The predicted octanol–water partition coefficient (Wildman–Crippen LogP) is 7.43. The second-order valence-corrected chi connectivity index (χ2v) is 12.5. The molecule has 0 fully saturated rings. The zero-order valence-electron chi connectivity index (χ0n) is 21.8. The average molecular weight is 445 g/mol. The molecule has 0 saturated carbocycles. The summed E-state index contributed by atoms with van der Waals surface area (Å²) in [5.74, 6) is 0.950. The maximum atomic E-state index is 9.47. The Morgan fingerprint density at radius 3 is 2.18 bits per heavy atom. The van der Waals surface area contributed by atoms with Crippen LogP contribution in [-0.2, 0) is 15.6 Å². The van der Waals surface area contributed by atoms with Crippen molar-refractivity contribution in [2.24, 2.45) is 5.41 Å². The summed E-state index contributed by atoms with van der Waals surface area (Å²) in [6.45, 7) is 20.3. The fraction of sp³-hybridized carbons (Fsp3) is 0.567. The highest BCUT2D eigenvalue weighted by molar-refractivity contribution is 5.71. The van der Waals surface area contributed by atoms with Crippen molar-refractivity contribution in [3.8, 4) is 6.07 Å². The SMILES string of the molecule is C/C(C#N)=C1\C=C(C(C)(C)C)OC(/C=C/c2cc3c4c(c2)C(C)(C)CCN4CCC3(C)C)C1. The van der Waals surface area contributed by atoms with E-state index in [0.29, 0.717) is 0 Å². The van der Waals surface area contributed by atoms with Crippen molar-refractivity contribution in [1.82, 2.24) is 0 Å². The van der Waals surface area contributed by atoms with Gasteiger partial charge in [-0.15, -0.1) is 0 Å². The molecule has 0 saturated heterocycles. The maximum absolute atomic E-state index is 9.47. The Balaban J connectivity index is 1.72. The molecule has 0 bridgehead atoms. The first kappa shape index (κ1) is 23.7. The highest BCUT2D eigenvalue weighted by Crippen LogP contribution is 2.49. The molecule has 0 N–H and O–H groups in total. The zero-order chi connectivity index (χ0) is 24.2. The Morgan fingerprint density at radius 2 is 1.67 bits per heavy atom. The first-order chi connectivity index (χ1) is 15.3. The molecule has 3 aliphatic rings. The van der Waals surface area contributed by atoms with E-state index < -0.39 is 0 Å². The molecule has 1 aromatic carbocycles. The number of ether oxygens (including phenoxy) is 1. The van der Waals surface area contributed by atoms with Crippen LogP contribution in [0.15, 0.2) is 41.2 Å². The predicted molar refractivity (Wildman–Crippen MR) is 138 cm³/mol. The fourth-order valence-corrected chi connectivity index (χ4v) is 5.28. The van der Waals surface area contributed by atoms with Crippen LogP contribution >= 0.6 is 0 Å². The number of benzene rings is 1. The monoisotopic (exact) mass is 444 g/mol. The minimum absolute atomic E-state index is 0.0626. The molecule has 4 rings (SSSR count). The Labute approximate surface area is 200 Å². The molecule has 0 spiro atoms. The first-order valence-electron chi connectivity index (χ1n) is 12.4. The van der Waals surface area contributed by atoms with Gasteiger partial charge in [0, 0.05) is 36.2 Å². The van der Waals surface area contributed by atoms with Crippen molar-refractivity contribution in [1.29, 1.82) is 5.26 Å². The number of hydrogen-bond acceptors (Lipinski definition) is 3. The van der Waals surface area contributed by atoms with Crippen LogP contribution in [0.5, 0.6) is 0 Å². The lowest BCUT2D eigenvalue weighted by Gasteiger charge is -2.48. The molecule has 3 heterocycles. The summed E-state index contributed by atoms with van der Waals surface area (Å²) in [5.41, 5.74) is 7.84. The molecule has 3 heteroatoms. The average Bonchev–Trinajstić information content (AvgIpc) is 2.75. The zero-order valence-corrected chi connectivity index (χ0v) is 21.8. The van der Waals surface area contributed by atoms with Crippen LogP contribution in [0, 0.1) is 16.7 Å². The Morgan fingerprint density at radius 1 is 1.09 bits per heavy atom. The van der Waals surface area contributed by atoms with Gasteiger partial charge in [-0.3, -0.25) is 0 Å². The number of nitriles is 1. The second-order valence-electron chi connectivity index (χ2n) is 12.5. The molecular weight excluding hydrogens is 404 g/mol. The summed E-state index contributed by atoms with van der Waals surface area (Å²) in [6, 6.07) is 7.14. The van der Waals surface area contributed by atoms with Crippen molar-refractivity contribution in [2.45, 2.75) is 91.6 Å². The fourth-order valence-electron chi connectivity index (χ4n) is 5.28. The van der Waals surface area contributed by atoms with Gasteiger partial charge >= 0.3 is 0 Å². The van der Waals surface area contributed by atoms with E-state index in [4.69, 9.17) is 4.74 Å². The van der Waals surface area contributed by atoms with E-state index >= 15 is 0 Å². The van der Waals surface area contributed by atoms with E-state index in [9.17, 15) is 5.26 Å². The van der Waals surface area contributed by atoms with Crippen molar-refractivity contribution in [2.75, 3.05) is 18.0 Å². The summed E-state index contributed by atoms with van der Waals surface area (Å²) in [4.78, 5) is 2.61. The third kappa shape index (κ3) is 4.50. The van der Waals surface area contributed by atoms with Gasteiger partial charge in [0.1, 0.15) is 11.9 Å². The molecular formula is C30H40N2O. The van der Waals surface area contributed by atoms with Gasteiger partial charge in [0.25, 0.3) is 0 Å². The summed E-state index contributed by atoms with van der Waals surface area (Å²) in [7, 11) is 0. The van der Waals surface area contributed by atoms with Crippen molar-refractivity contribution >= 4 is 11.8 Å². The van der Waals surface area contributed by atoms with Gasteiger partial charge in [0.05, 0.1) is 6.07 Å². The molecule has 176 valence electrons. The van der Waals surface area contributed by atoms with Crippen LogP contribution in [0.2, 0.25) is 0 Å². The number of hydrogen-bond donors (Lipinski definition) is 0. The van der Waals surface area contributed by atoms with Crippen LogP contribution < -0.4 is 4.90 Å². The Hall–Kier alpha value is -2.47. The molecule has 0 aliphatic carbocycles. The van der Waals surface area contributed by atoms with Gasteiger partial charge in [-0.25, -0.2) is 0 Å². The maximum Gasteiger partial charge on any atom is 0.121 e. The van der Waals surface area contributed by atoms with Gasteiger partial charge in [0.2, 0.25) is 0 Å². The number of allylic oxidation sites excluding steroid dienone is 3. The highest BCUT2D eigenvalue weighted by atomic mass is 16.5.